The number of ketones is 1. The van der Waals surface area contributed by atoms with Crippen molar-refractivity contribution < 1.29 is 15.0 Å². The highest BCUT2D eigenvalue weighted by molar-refractivity contribution is 5.97. The summed E-state index contributed by atoms with van der Waals surface area (Å²) in [4.78, 5) is 11.2. The van der Waals surface area contributed by atoms with Crippen molar-refractivity contribution in [3.63, 3.8) is 0 Å². The van der Waals surface area contributed by atoms with Gasteiger partial charge in [0.1, 0.15) is 11.5 Å². The van der Waals surface area contributed by atoms with Gasteiger partial charge in [-0.1, -0.05) is 6.08 Å². The molecule has 0 aromatic heterocycles. The number of phenolic OH excluding ortho intramolecular Hbond substituents is 2. The first-order chi connectivity index (χ1) is 6.99. The molecule has 0 saturated heterocycles. The van der Waals surface area contributed by atoms with Crippen LogP contribution in [-0.4, -0.2) is 16.0 Å². The highest BCUT2D eigenvalue weighted by atomic mass is 16.3. The Bertz CT molecular complexity index is 419. The minimum absolute atomic E-state index is 0.0254. The van der Waals surface area contributed by atoms with E-state index < -0.39 is 0 Å². The average molecular weight is 206 g/mol. The predicted molar refractivity (Wildman–Crippen MR) is 58.4 cm³/mol. The van der Waals surface area contributed by atoms with Crippen molar-refractivity contribution in [1.82, 2.24) is 0 Å². The first kappa shape index (κ1) is 11.3. The molecule has 0 atom stereocenters. The fourth-order valence-corrected chi connectivity index (χ4v) is 1.45. The molecule has 1 aromatic carbocycles. The normalized spacial score (nSPS) is 10.0. The Morgan fingerprint density at radius 3 is 2.53 bits per heavy atom. The first-order valence-corrected chi connectivity index (χ1v) is 4.65. The van der Waals surface area contributed by atoms with Gasteiger partial charge in [-0.25, -0.2) is 0 Å². The van der Waals surface area contributed by atoms with Crippen molar-refractivity contribution >= 4 is 5.78 Å². The van der Waals surface area contributed by atoms with Gasteiger partial charge in [0, 0.05) is 5.56 Å². The van der Waals surface area contributed by atoms with Gasteiger partial charge in [0.25, 0.3) is 0 Å². The Morgan fingerprint density at radius 1 is 1.47 bits per heavy atom. The summed E-state index contributed by atoms with van der Waals surface area (Å²) in [6.07, 6.45) is 2.10. The quantitative estimate of drug-likeness (QED) is 0.589. The summed E-state index contributed by atoms with van der Waals surface area (Å²) in [5.41, 5.74) is 1.17. The maximum absolute atomic E-state index is 11.2. The fourth-order valence-electron chi connectivity index (χ4n) is 1.45. The lowest BCUT2D eigenvalue weighted by atomic mass is 9.99. The third kappa shape index (κ3) is 2.01. The topological polar surface area (TPSA) is 57.5 Å². The number of hydrogen-bond donors (Lipinski definition) is 2. The van der Waals surface area contributed by atoms with E-state index in [1.807, 2.05) is 0 Å². The van der Waals surface area contributed by atoms with E-state index in [2.05, 4.69) is 6.58 Å². The summed E-state index contributed by atoms with van der Waals surface area (Å²) in [5.74, 6) is -0.342. The zero-order chi connectivity index (χ0) is 11.6. The van der Waals surface area contributed by atoms with Crippen molar-refractivity contribution in [3.05, 3.63) is 35.4 Å². The van der Waals surface area contributed by atoms with Crippen molar-refractivity contribution in [2.45, 2.75) is 20.3 Å². The molecule has 0 aliphatic carbocycles. The molecule has 1 rings (SSSR count). The largest absolute Gasteiger partial charge is 0.507 e. The number of carbonyl (C=O) groups is 1. The molecular weight excluding hydrogens is 192 g/mol. The number of phenols is 2. The van der Waals surface area contributed by atoms with Gasteiger partial charge in [-0.2, -0.15) is 0 Å². The van der Waals surface area contributed by atoms with Crippen LogP contribution >= 0.6 is 0 Å². The number of Topliss-reactive ketones (excluding diaryl/α,β-unsaturated/α-hetero) is 1. The second kappa shape index (κ2) is 4.17. The van der Waals surface area contributed by atoms with Crippen molar-refractivity contribution in [2.75, 3.05) is 0 Å². The standard InChI is InChI=1S/C12H14O3/c1-4-5-9-6-10(8(3)13)12(15)7(2)11(9)14/h4,6,14-15H,1,5H2,2-3H3. The summed E-state index contributed by atoms with van der Waals surface area (Å²) < 4.78 is 0. The molecule has 0 saturated carbocycles. The molecule has 0 aliphatic rings. The van der Waals surface area contributed by atoms with E-state index in [1.54, 1.807) is 13.0 Å². The lowest BCUT2D eigenvalue weighted by Gasteiger charge is -2.10. The van der Waals surface area contributed by atoms with E-state index in [4.69, 9.17) is 0 Å². The van der Waals surface area contributed by atoms with Crippen LogP contribution in [0.1, 0.15) is 28.4 Å². The van der Waals surface area contributed by atoms with Gasteiger partial charge in [0.2, 0.25) is 0 Å². The van der Waals surface area contributed by atoms with E-state index in [0.29, 0.717) is 17.5 Å². The van der Waals surface area contributed by atoms with Crippen molar-refractivity contribution in [3.8, 4) is 11.5 Å². The summed E-state index contributed by atoms with van der Waals surface area (Å²) in [5, 5.41) is 19.3. The molecule has 0 spiro atoms. The van der Waals surface area contributed by atoms with Crippen LogP contribution in [0.25, 0.3) is 0 Å². The Kier molecular flexibility index (Phi) is 3.14. The van der Waals surface area contributed by atoms with Gasteiger partial charge in [0.05, 0.1) is 5.56 Å². The number of allylic oxidation sites excluding steroid dienone is 1. The van der Waals surface area contributed by atoms with E-state index >= 15 is 0 Å². The smallest absolute Gasteiger partial charge is 0.163 e. The third-order valence-electron chi connectivity index (χ3n) is 2.33. The highest BCUT2D eigenvalue weighted by Crippen LogP contribution is 2.33. The molecule has 15 heavy (non-hydrogen) atoms. The summed E-state index contributed by atoms with van der Waals surface area (Å²) in [7, 11) is 0. The number of hydrogen-bond acceptors (Lipinski definition) is 3. The predicted octanol–water partition coefficient (Wildman–Crippen LogP) is 2.34. The van der Waals surface area contributed by atoms with Crippen LogP contribution in [0.4, 0.5) is 0 Å². The maximum atomic E-state index is 11.2. The fraction of sp³-hybridized carbons (Fsp3) is 0.250. The maximum Gasteiger partial charge on any atom is 0.163 e. The molecule has 0 amide bonds. The van der Waals surface area contributed by atoms with Crippen LogP contribution < -0.4 is 0 Å². The molecule has 1 aromatic rings. The van der Waals surface area contributed by atoms with E-state index in [9.17, 15) is 15.0 Å². The second-order valence-electron chi connectivity index (χ2n) is 3.45. The number of benzene rings is 1. The van der Waals surface area contributed by atoms with Gasteiger partial charge in [-0.3, -0.25) is 4.79 Å². The molecule has 3 nitrogen and oxygen atoms in total. The highest BCUT2D eigenvalue weighted by Gasteiger charge is 2.15. The minimum Gasteiger partial charge on any atom is -0.507 e. The minimum atomic E-state index is -0.221. The zero-order valence-electron chi connectivity index (χ0n) is 8.87. The van der Waals surface area contributed by atoms with E-state index in [-0.39, 0.29) is 22.8 Å². The van der Waals surface area contributed by atoms with Gasteiger partial charge < -0.3 is 10.2 Å². The van der Waals surface area contributed by atoms with Crippen LogP contribution in [0.15, 0.2) is 18.7 Å². The Morgan fingerprint density at radius 2 is 2.07 bits per heavy atom. The summed E-state index contributed by atoms with van der Waals surface area (Å²) >= 11 is 0. The Hall–Kier alpha value is -1.77. The van der Waals surface area contributed by atoms with Crippen LogP contribution in [0, 0.1) is 6.92 Å². The average Bonchev–Trinajstić information content (AvgIpc) is 2.18. The number of aromatic hydroxyl groups is 2. The zero-order valence-corrected chi connectivity index (χ0v) is 8.87. The number of carbonyl (C=O) groups excluding carboxylic acids is 1. The molecule has 0 fully saturated rings. The van der Waals surface area contributed by atoms with Gasteiger partial charge >= 0.3 is 0 Å². The van der Waals surface area contributed by atoms with E-state index in [0.717, 1.165) is 0 Å². The Balaban J connectivity index is 3.44. The molecule has 0 heterocycles. The molecule has 0 unspecified atom stereocenters. The van der Waals surface area contributed by atoms with Gasteiger partial charge in [0.15, 0.2) is 5.78 Å². The monoisotopic (exact) mass is 206 g/mol. The molecule has 0 bridgehead atoms. The molecule has 0 aliphatic heterocycles. The van der Waals surface area contributed by atoms with Crippen molar-refractivity contribution in [2.24, 2.45) is 0 Å². The van der Waals surface area contributed by atoms with Crippen LogP contribution in [0.5, 0.6) is 11.5 Å². The molecule has 3 heteroatoms. The second-order valence-corrected chi connectivity index (χ2v) is 3.45. The van der Waals surface area contributed by atoms with E-state index in [1.165, 1.54) is 13.0 Å². The molecular formula is C12H14O3. The SMILES string of the molecule is C=CCc1cc(C(C)=O)c(O)c(C)c1O. The number of rotatable bonds is 3. The first-order valence-electron chi connectivity index (χ1n) is 4.65. The van der Waals surface area contributed by atoms with Crippen molar-refractivity contribution in [1.29, 1.82) is 0 Å². The third-order valence-corrected chi connectivity index (χ3v) is 2.33. The van der Waals surface area contributed by atoms with Gasteiger partial charge in [-0.15, -0.1) is 6.58 Å². The molecule has 0 radical (unpaired) electrons. The molecule has 2 N–H and O–H groups in total. The lowest BCUT2D eigenvalue weighted by molar-refractivity contribution is 0.101. The summed E-state index contributed by atoms with van der Waals surface area (Å²) in [6, 6.07) is 1.50. The van der Waals surface area contributed by atoms with Crippen LogP contribution in [0.3, 0.4) is 0 Å². The lowest BCUT2D eigenvalue weighted by Crippen LogP contribution is -1.98. The van der Waals surface area contributed by atoms with Crippen LogP contribution in [0.2, 0.25) is 0 Å². The Labute approximate surface area is 88.7 Å². The summed E-state index contributed by atoms with van der Waals surface area (Å²) in [6.45, 7) is 6.52. The van der Waals surface area contributed by atoms with Crippen LogP contribution in [-0.2, 0) is 6.42 Å². The molecule has 80 valence electrons. The van der Waals surface area contributed by atoms with Gasteiger partial charge in [-0.05, 0) is 31.9 Å².